The molecule has 1 rings (SSSR count). The second-order valence-electron chi connectivity index (χ2n) is 3.65. The number of nitrogens with zero attached hydrogens (tertiary/aromatic N) is 1. The Morgan fingerprint density at radius 2 is 2.11 bits per heavy atom. The van der Waals surface area contributed by atoms with Gasteiger partial charge in [0.15, 0.2) is 0 Å². The van der Waals surface area contributed by atoms with Gasteiger partial charge in [0.25, 0.3) is 5.69 Å². The SMILES string of the molecule is COC(=O)Cc1cc(NC(C)=O)c(Cl)cc1[N+](=O)[O-]. The number of esters is 1. The number of benzene rings is 1. The lowest BCUT2D eigenvalue weighted by molar-refractivity contribution is -0.385. The highest BCUT2D eigenvalue weighted by atomic mass is 35.5. The molecule has 0 unspecified atom stereocenters. The van der Waals surface area contributed by atoms with Gasteiger partial charge in [0.1, 0.15) is 0 Å². The minimum Gasteiger partial charge on any atom is -0.469 e. The lowest BCUT2D eigenvalue weighted by Crippen LogP contribution is -2.10. The van der Waals surface area contributed by atoms with Crippen molar-refractivity contribution in [3.8, 4) is 0 Å². The molecule has 0 aliphatic carbocycles. The van der Waals surface area contributed by atoms with Gasteiger partial charge in [-0.05, 0) is 6.07 Å². The van der Waals surface area contributed by atoms with Crippen molar-refractivity contribution in [2.45, 2.75) is 13.3 Å². The van der Waals surface area contributed by atoms with Gasteiger partial charge in [-0.3, -0.25) is 19.7 Å². The van der Waals surface area contributed by atoms with Gasteiger partial charge in [-0.2, -0.15) is 0 Å². The summed E-state index contributed by atoms with van der Waals surface area (Å²) in [6, 6.07) is 2.38. The largest absolute Gasteiger partial charge is 0.469 e. The Morgan fingerprint density at radius 1 is 1.47 bits per heavy atom. The van der Waals surface area contributed by atoms with Gasteiger partial charge in [-0.15, -0.1) is 0 Å². The Bertz CT molecular complexity index is 544. The van der Waals surface area contributed by atoms with E-state index >= 15 is 0 Å². The van der Waals surface area contributed by atoms with Crippen molar-refractivity contribution in [2.24, 2.45) is 0 Å². The third-order valence-electron chi connectivity index (χ3n) is 2.24. The van der Waals surface area contributed by atoms with Crippen LogP contribution in [0.5, 0.6) is 0 Å². The summed E-state index contributed by atoms with van der Waals surface area (Å²) in [5.74, 6) is -1.00. The molecule has 0 atom stereocenters. The molecular formula is C11H11ClN2O5. The third-order valence-corrected chi connectivity index (χ3v) is 2.55. The molecular weight excluding hydrogens is 276 g/mol. The Hall–Kier alpha value is -2.15. The van der Waals surface area contributed by atoms with E-state index in [2.05, 4.69) is 10.1 Å². The predicted molar refractivity (Wildman–Crippen MR) is 68.1 cm³/mol. The zero-order chi connectivity index (χ0) is 14.6. The highest BCUT2D eigenvalue weighted by Crippen LogP contribution is 2.31. The van der Waals surface area contributed by atoms with Crippen LogP contribution in [0.1, 0.15) is 12.5 Å². The second kappa shape index (κ2) is 6.14. The molecule has 0 bridgehead atoms. The number of nitrogens with one attached hydrogen (secondary N) is 1. The van der Waals surface area contributed by atoms with Crippen LogP contribution in [0.15, 0.2) is 12.1 Å². The molecule has 1 aromatic carbocycles. The number of methoxy groups -OCH3 is 1. The number of anilines is 1. The molecule has 1 aromatic rings. The van der Waals surface area contributed by atoms with Crippen LogP contribution in [-0.4, -0.2) is 23.9 Å². The summed E-state index contributed by atoms with van der Waals surface area (Å²) in [6.45, 7) is 1.28. The first-order chi connectivity index (χ1) is 8.85. The number of nitro groups is 1. The van der Waals surface area contributed by atoms with E-state index in [-0.39, 0.29) is 34.3 Å². The van der Waals surface area contributed by atoms with Crippen molar-refractivity contribution in [2.75, 3.05) is 12.4 Å². The molecule has 19 heavy (non-hydrogen) atoms. The maximum Gasteiger partial charge on any atom is 0.310 e. The maximum absolute atomic E-state index is 11.2. The third kappa shape index (κ3) is 3.92. The average Bonchev–Trinajstić information content (AvgIpc) is 2.31. The molecule has 0 spiro atoms. The summed E-state index contributed by atoms with van der Waals surface area (Å²) in [6.07, 6.45) is -0.281. The molecule has 0 fully saturated rings. The van der Waals surface area contributed by atoms with Crippen LogP contribution >= 0.6 is 11.6 Å². The summed E-state index contributed by atoms with van der Waals surface area (Å²) in [5.41, 5.74) is 0.0215. The van der Waals surface area contributed by atoms with Gasteiger partial charge in [0.05, 0.1) is 29.2 Å². The zero-order valence-electron chi connectivity index (χ0n) is 10.2. The van der Waals surface area contributed by atoms with Crippen LogP contribution in [0.2, 0.25) is 5.02 Å². The number of carbonyl (C=O) groups is 2. The maximum atomic E-state index is 11.2. The topological polar surface area (TPSA) is 98.5 Å². The lowest BCUT2D eigenvalue weighted by Gasteiger charge is -2.08. The number of nitro benzene ring substituents is 1. The first-order valence-electron chi connectivity index (χ1n) is 5.16. The minimum absolute atomic E-state index is 0.0236. The number of carbonyl (C=O) groups excluding carboxylic acids is 2. The average molecular weight is 287 g/mol. The van der Waals surface area contributed by atoms with Gasteiger partial charge >= 0.3 is 5.97 Å². The molecule has 102 valence electrons. The molecule has 0 radical (unpaired) electrons. The normalized spacial score (nSPS) is 9.84. The van der Waals surface area contributed by atoms with Crippen LogP contribution in [0.3, 0.4) is 0 Å². The van der Waals surface area contributed by atoms with Crippen LogP contribution in [0, 0.1) is 10.1 Å². The van der Waals surface area contributed by atoms with E-state index in [4.69, 9.17) is 11.6 Å². The van der Waals surface area contributed by atoms with E-state index in [9.17, 15) is 19.7 Å². The fourth-order valence-electron chi connectivity index (χ4n) is 1.43. The van der Waals surface area contributed by atoms with Gasteiger partial charge in [-0.1, -0.05) is 11.6 Å². The number of hydrogen-bond donors (Lipinski definition) is 1. The van der Waals surface area contributed by atoms with Crippen molar-refractivity contribution >= 4 is 34.9 Å². The Balaban J connectivity index is 3.26. The van der Waals surface area contributed by atoms with Crippen molar-refractivity contribution in [1.82, 2.24) is 0 Å². The lowest BCUT2D eigenvalue weighted by atomic mass is 10.1. The van der Waals surface area contributed by atoms with Gasteiger partial charge in [0, 0.05) is 18.6 Å². The monoisotopic (exact) mass is 286 g/mol. The number of ether oxygens (including phenoxy) is 1. The summed E-state index contributed by atoms with van der Waals surface area (Å²) >= 11 is 5.82. The fraction of sp³-hybridized carbons (Fsp3) is 0.273. The molecule has 0 saturated carbocycles. The number of rotatable bonds is 4. The molecule has 0 aliphatic heterocycles. The van der Waals surface area contributed by atoms with Crippen LogP contribution in [0.4, 0.5) is 11.4 Å². The van der Waals surface area contributed by atoms with Gasteiger partial charge < -0.3 is 10.1 Å². The molecule has 0 aromatic heterocycles. The zero-order valence-corrected chi connectivity index (χ0v) is 11.0. The molecule has 1 N–H and O–H groups in total. The van der Waals surface area contributed by atoms with Crippen molar-refractivity contribution in [3.63, 3.8) is 0 Å². The van der Waals surface area contributed by atoms with E-state index in [1.165, 1.54) is 20.1 Å². The number of amides is 1. The molecule has 0 aliphatic rings. The summed E-state index contributed by atoms with van der Waals surface area (Å²) in [4.78, 5) is 32.4. The smallest absolute Gasteiger partial charge is 0.310 e. The first-order valence-corrected chi connectivity index (χ1v) is 5.54. The summed E-state index contributed by atoms with van der Waals surface area (Å²) in [5, 5.41) is 13.3. The van der Waals surface area contributed by atoms with Crippen molar-refractivity contribution in [3.05, 3.63) is 32.8 Å². The Labute approximate surface area is 113 Å². The standard InChI is InChI=1S/C11H11ClN2O5/c1-6(15)13-9-3-7(4-11(16)19-2)10(14(17)18)5-8(9)12/h3,5H,4H2,1-2H3,(H,13,15). The first kappa shape index (κ1) is 14.9. The fourth-order valence-corrected chi connectivity index (χ4v) is 1.64. The highest BCUT2D eigenvalue weighted by Gasteiger charge is 2.20. The van der Waals surface area contributed by atoms with Gasteiger partial charge in [0.2, 0.25) is 5.91 Å². The summed E-state index contributed by atoms with van der Waals surface area (Å²) < 4.78 is 4.46. The quantitative estimate of drug-likeness (QED) is 0.518. The molecule has 0 heterocycles. The number of hydrogen-bond acceptors (Lipinski definition) is 5. The number of halogens is 1. The Kier molecular flexibility index (Phi) is 4.82. The molecule has 1 amide bonds. The second-order valence-corrected chi connectivity index (χ2v) is 4.06. The van der Waals surface area contributed by atoms with Crippen LogP contribution in [-0.2, 0) is 20.7 Å². The van der Waals surface area contributed by atoms with E-state index in [1.54, 1.807) is 0 Å². The predicted octanol–water partition coefficient (Wildman–Crippen LogP) is 1.92. The van der Waals surface area contributed by atoms with Crippen molar-refractivity contribution < 1.29 is 19.2 Å². The van der Waals surface area contributed by atoms with E-state index in [1.807, 2.05) is 0 Å². The minimum atomic E-state index is -0.651. The highest BCUT2D eigenvalue weighted by molar-refractivity contribution is 6.34. The van der Waals surface area contributed by atoms with E-state index in [0.717, 1.165) is 6.07 Å². The Morgan fingerprint density at radius 3 is 2.58 bits per heavy atom. The van der Waals surface area contributed by atoms with Crippen molar-refractivity contribution in [1.29, 1.82) is 0 Å². The van der Waals surface area contributed by atoms with E-state index in [0.29, 0.717) is 0 Å². The summed E-state index contributed by atoms with van der Waals surface area (Å²) in [7, 11) is 1.18. The molecule has 7 nitrogen and oxygen atoms in total. The van der Waals surface area contributed by atoms with Gasteiger partial charge in [-0.25, -0.2) is 0 Å². The van der Waals surface area contributed by atoms with E-state index < -0.39 is 10.9 Å². The van der Waals surface area contributed by atoms with Crippen LogP contribution in [0.25, 0.3) is 0 Å². The molecule has 8 heteroatoms. The van der Waals surface area contributed by atoms with Crippen LogP contribution < -0.4 is 5.32 Å². The molecule has 0 saturated heterocycles.